The molecule has 28 heavy (non-hydrogen) atoms. The minimum absolute atomic E-state index is 0.520. The van der Waals surface area contributed by atoms with Gasteiger partial charge in [-0.15, -0.1) is 0 Å². The number of hydrogen-bond donors (Lipinski definition) is 1. The molecule has 0 amide bonds. The molecule has 3 aromatic heterocycles. The smallest absolute Gasteiger partial charge is 0.163 e. The molecule has 5 rings (SSSR count). The molecular formula is C23H23N5. The van der Waals surface area contributed by atoms with Crippen LogP contribution in [-0.2, 0) is 0 Å². The highest BCUT2D eigenvalue weighted by atomic mass is 15.3. The molecule has 5 nitrogen and oxygen atoms in total. The van der Waals surface area contributed by atoms with Crippen LogP contribution in [0.5, 0.6) is 0 Å². The van der Waals surface area contributed by atoms with E-state index < -0.39 is 0 Å². The van der Waals surface area contributed by atoms with Crippen LogP contribution in [0.15, 0.2) is 60.9 Å². The molecule has 0 aliphatic carbocycles. The fraction of sp³-hybridized carbons (Fsp3) is 0.261. The van der Waals surface area contributed by atoms with Crippen molar-refractivity contribution in [2.75, 3.05) is 13.1 Å². The van der Waals surface area contributed by atoms with Gasteiger partial charge in [0.25, 0.3) is 0 Å². The first-order valence-corrected chi connectivity index (χ1v) is 9.87. The summed E-state index contributed by atoms with van der Waals surface area (Å²) >= 11 is 0. The highest BCUT2D eigenvalue weighted by molar-refractivity contribution is 5.77. The van der Waals surface area contributed by atoms with Crippen LogP contribution in [0, 0.1) is 6.92 Å². The summed E-state index contributed by atoms with van der Waals surface area (Å²) in [5.41, 5.74) is 7.40. The lowest BCUT2D eigenvalue weighted by molar-refractivity contribution is 0.453. The largest absolute Gasteiger partial charge is 0.317 e. The Morgan fingerprint density at radius 1 is 0.964 bits per heavy atom. The van der Waals surface area contributed by atoms with Crippen LogP contribution in [0.2, 0.25) is 0 Å². The first-order chi connectivity index (χ1) is 13.8. The Morgan fingerprint density at radius 2 is 1.79 bits per heavy atom. The van der Waals surface area contributed by atoms with E-state index in [2.05, 4.69) is 52.7 Å². The van der Waals surface area contributed by atoms with Crippen LogP contribution in [0.1, 0.15) is 30.1 Å². The molecule has 4 aromatic rings. The molecule has 0 atom stereocenters. The lowest BCUT2D eigenvalue weighted by Gasteiger charge is -2.22. The number of benzene rings is 1. The molecule has 5 heteroatoms. The van der Waals surface area contributed by atoms with Crippen molar-refractivity contribution in [1.82, 2.24) is 24.9 Å². The average molecular weight is 369 g/mol. The van der Waals surface area contributed by atoms with Gasteiger partial charge in [-0.2, -0.15) is 5.10 Å². The minimum atomic E-state index is 0.520. The fourth-order valence-corrected chi connectivity index (χ4v) is 4.00. The molecule has 4 heterocycles. The zero-order valence-electron chi connectivity index (χ0n) is 16.0. The molecule has 1 aromatic carbocycles. The van der Waals surface area contributed by atoms with E-state index in [0.717, 1.165) is 59.7 Å². The number of rotatable bonds is 3. The van der Waals surface area contributed by atoms with Crippen molar-refractivity contribution < 1.29 is 0 Å². The van der Waals surface area contributed by atoms with E-state index in [1.54, 1.807) is 0 Å². The number of aryl methyl sites for hydroxylation is 1. The van der Waals surface area contributed by atoms with Gasteiger partial charge in [-0.1, -0.05) is 36.4 Å². The summed E-state index contributed by atoms with van der Waals surface area (Å²) in [5, 5.41) is 8.01. The van der Waals surface area contributed by atoms with Gasteiger partial charge in [0.2, 0.25) is 0 Å². The summed E-state index contributed by atoms with van der Waals surface area (Å²) in [6, 6.07) is 16.6. The van der Waals surface area contributed by atoms with Crippen molar-refractivity contribution in [2.24, 2.45) is 0 Å². The Hall–Kier alpha value is -3.05. The average Bonchev–Trinajstić information content (AvgIpc) is 3.20. The Balaban J connectivity index is 1.54. The molecule has 1 aliphatic rings. The number of nitrogens with zero attached hydrogens (tertiary/aromatic N) is 4. The lowest BCUT2D eigenvalue weighted by atomic mass is 9.94. The molecule has 1 saturated heterocycles. The molecular weight excluding hydrogens is 346 g/mol. The van der Waals surface area contributed by atoms with Gasteiger partial charge in [0.05, 0.1) is 11.9 Å². The van der Waals surface area contributed by atoms with Gasteiger partial charge < -0.3 is 5.32 Å². The molecule has 1 N–H and O–H groups in total. The van der Waals surface area contributed by atoms with Crippen molar-refractivity contribution in [3.8, 4) is 22.4 Å². The van der Waals surface area contributed by atoms with E-state index in [9.17, 15) is 0 Å². The Labute approximate surface area is 164 Å². The van der Waals surface area contributed by atoms with Crippen LogP contribution in [0.25, 0.3) is 28.0 Å². The first kappa shape index (κ1) is 17.1. The summed E-state index contributed by atoms with van der Waals surface area (Å²) < 4.78 is 1.94. The summed E-state index contributed by atoms with van der Waals surface area (Å²) in [5.74, 6) is 0.520. The van der Waals surface area contributed by atoms with Gasteiger partial charge in [0.1, 0.15) is 0 Å². The first-order valence-electron chi connectivity index (χ1n) is 9.87. The Bertz CT molecular complexity index is 1090. The second kappa shape index (κ2) is 7.17. The van der Waals surface area contributed by atoms with Gasteiger partial charge in [-0.25, -0.2) is 9.50 Å². The van der Waals surface area contributed by atoms with Crippen molar-refractivity contribution in [3.63, 3.8) is 0 Å². The van der Waals surface area contributed by atoms with E-state index in [1.165, 1.54) is 5.69 Å². The highest BCUT2D eigenvalue weighted by Crippen LogP contribution is 2.29. The lowest BCUT2D eigenvalue weighted by Crippen LogP contribution is -2.27. The van der Waals surface area contributed by atoms with E-state index >= 15 is 0 Å². The van der Waals surface area contributed by atoms with Crippen LogP contribution >= 0.6 is 0 Å². The normalized spacial score (nSPS) is 15.2. The molecule has 1 aliphatic heterocycles. The summed E-state index contributed by atoms with van der Waals surface area (Å²) in [6.45, 7) is 4.23. The van der Waals surface area contributed by atoms with Gasteiger partial charge >= 0.3 is 0 Å². The molecule has 0 bridgehead atoms. The highest BCUT2D eigenvalue weighted by Gasteiger charge is 2.19. The molecule has 140 valence electrons. The zero-order valence-corrected chi connectivity index (χ0v) is 16.0. The SMILES string of the molecule is Cc1cc(C2CCNCC2)nc2c(-c3ccc(-c4ccccc4)nc3)cnn12. The van der Waals surface area contributed by atoms with Gasteiger partial charge in [-0.3, -0.25) is 4.98 Å². The Morgan fingerprint density at radius 3 is 2.54 bits per heavy atom. The number of aromatic nitrogens is 4. The molecule has 0 saturated carbocycles. The third-order valence-corrected chi connectivity index (χ3v) is 5.57. The van der Waals surface area contributed by atoms with E-state index in [4.69, 9.17) is 4.98 Å². The third kappa shape index (κ3) is 3.08. The molecule has 0 radical (unpaired) electrons. The maximum Gasteiger partial charge on any atom is 0.163 e. The summed E-state index contributed by atoms with van der Waals surface area (Å²) in [7, 11) is 0. The van der Waals surface area contributed by atoms with Crippen molar-refractivity contribution in [2.45, 2.75) is 25.7 Å². The fourth-order valence-electron chi connectivity index (χ4n) is 4.00. The topological polar surface area (TPSA) is 55.1 Å². The van der Waals surface area contributed by atoms with E-state index in [0.29, 0.717) is 5.92 Å². The third-order valence-electron chi connectivity index (χ3n) is 5.57. The zero-order chi connectivity index (χ0) is 18.9. The number of fused-ring (bicyclic) bond motifs is 1. The van der Waals surface area contributed by atoms with E-state index in [1.807, 2.05) is 35.1 Å². The molecule has 0 unspecified atom stereocenters. The number of nitrogens with one attached hydrogen (secondary N) is 1. The van der Waals surface area contributed by atoms with Gasteiger partial charge in [0.15, 0.2) is 5.65 Å². The van der Waals surface area contributed by atoms with Gasteiger partial charge in [-0.05, 0) is 45.0 Å². The monoisotopic (exact) mass is 369 g/mol. The van der Waals surface area contributed by atoms with Crippen molar-refractivity contribution >= 4 is 5.65 Å². The second-order valence-electron chi connectivity index (χ2n) is 7.44. The summed E-state index contributed by atoms with van der Waals surface area (Å²) in [4.78, 5) is 9.69. The summed E-state index contributed by atoms with van der Waals surface area (Å²) in [6.07, 6.45) is 6.10. The van der Waals surface area contributed by atoms with Crippen LogP contribution in [0.4, 0.5) is 0 Å². The number of pyridine rings is 1. The molecule has 1 fully saturated rings. The van der Waals surface area contributed by atoms with Crippen LogP contribution in [0.3, 0.4) is 0 Å². The maximum absolute atomic E-state index is 5.02. The predicted molar refractivity (Wildman–Crippen MR) is 111 cm³/mol. The Kier molecular flexibility index (Phi) is 4.37. The minimum Gasteiger partial charge on any atom is -0.317 e. The standard InChI is InChI=1S/C23H23N5/c1-16-13-22(18-9-11-24-12-10-18)27-23-20(15-26-28(16)23)19-7-8-21(25-14-19)17-5-3-2-4-6-17/h2-8,13-15,18,24H,9-12H2,1H3. The quantitative estimate of drug-likeness (QED) is 0.587. The van der Waals surface area contributed by atoms with Crippen molar-refractivity contribution in [3.05, 3.63) is 72.3 Å². The van der Waals surface area contributed by atoms with Gasteiger partial charge in [0, 0.05) is 40.2 Å². The van der Waals surface area contributed by atoms with Crippen molar-refractivity contribution in [1.29, 1.82) is 0 Å². The second-order valence-corrected chi connectivity index (χ2v) is 7.44. The maximum atomic E-state index is 5.02. The van der Waals surface area contributed by atoms with Crippen LogP contribution in [-0.4, -0.2) is 32.7 Å². The van der Waals surface area contributed by atoms with E-state index in [-0.39, 0.29) is 0 Å². The number of hydrogen-bond acceptors (Lipinski definition) is 4. The number of piperidine rings is 1. The predicted octanol–water partition coefficient (Wildman–Crippen LogP) is 4.23. The molecule has 0 spiro atoms. The van der Waals surface area contributed by atoms with Crippen LogP contribution < -0.4 is 5.32 Å².